The van der Waals surface area contributed by atoms with Crippen LogP contribution in [0.25, 0.3) is 10.9 Å². The predicted molar refractivity (Wildman–Crippen MR) is 75.1 cm³/mol. The molecular weight excluding hydrogens is 258 g/mol. The van der Waals surface area contributed by atoms with E-state index in [2.05, 4.69) is 0 Å². The first-order valence-electron chi connectivity index (χ1n) is 6.30. The minimum absolute atomic E-state index is 0.138. The number of carbonyl (C=O) groups excluding carboxylic acids is 1. The first kappa shape index (κ1) is 14.1. The van der Waals surface area contributed by atoms with Crippen LogP contribution in [-0.4, -0.2) is 28.3 Å². The molecule has 1 aromatic heterocycles. The van der Waals surface area contributed by atoms with Crippen LogP contribution in [0.3, 0.4) is 0 Å². The molecular formula is C15H17NO4. The molecule has 0 amide bonds. The lowest BCUT2D eigenvalue weighted by molar-refractivity contribution is 0.0369. The molecule has 5 heteroatoms. The number of aromatic nitrogens is 1. The number of ether oxygens (including phenoxy) is 1. The summed E-state index contributed by atoms with van der Waals surface area (Å²) in [5.41, 5.74) is 0.607. The molecule has 0 unspecified atom stereocenters. The number of nitrogens with zero attached hydrogens (tertiary/aromatic N) is 1. The van der Waals surface area contributed by atoms with Crippen molar-refractivity contribution < 1.29 is 19.4 Å². The standard InChI is InChI=1S/C15H17NO4/c1-15(2,3)9-20-13(17)11-8-16(14(18)19)12-7-5-4-6-10(11)12/h4-8H,9H2,1-3H3,(H,18,19). The molecule has 0 spiro atoms. The summed E-state index contributed by atoms with van der Waals surface area (Å²) in [6.45, 7) is 6.15. The number of carboxylic acid groups (broad SMARTS) is 1. The molecule has 1 aromatic carbocycles. The van der Waals surface area contributed by atoms with E-state index in [0.29, 0.717) is 10.9 Å². The molecule has 1 N–H and O–H groups in total. The topological polar surface area (TPSA) is 68.5 Å². The summed E-state index contributed by atoms with van der Waals surface area (Å²) in [5, 5.41) is 9.73. The van der Waals surface area contributed by atoms with Crippen molar-refractivity contribution in [2.24, 2.45) is 5.41 Å². The zero-order valence-electron chi connectivity index (χ0n) is 11.7. The van der Waals surface area contributed by atoms with Crippen molar-refractivity contribution in [3.05, 3.63) is 36.0 Å². The van der Waals surface area contributed by atoms with Gasteiger partial charge in [0.05, 0.1) is 17.7 Å². The maximum Gasteiger partial charge on any atom is 0.416 e. The fraction of sp³-hybridized carbons (Fsp3) is 0.333. The van der Waals surface area contributed by atoms with Crippen LogP contribution < -0.4 is 0 Å². The van der Waals surface area contributed by atoms with Gasteiger partial charge in [0.1, 0.15) is 0 Å². The molecule has 20 heavy (non-hydrogen) atoms. The number of hydrogen-bond acceptors (Lipinski definition) is 3. The van der Waals surface area contributed by atoms with Gasteiger partial charge >= 0.3 is 12.1 Å². The molecule has 0 aliphatic rings. The van der Waals surface area contributed by atoms with E-state index in [1.807, 2.05) is 20.8 Å². The fourth-order valence-electron chi connectivity index (χ4n) is 1.86. The molecule has 0 saturated heterocycles. The molecule has 0 radical (unpaired) electrons. The average molecular weight is 275 g/mol. The maximum absolute atomic E-state index is 12.1. The molecule has 0 fully saturated rings. The van der Waals surface area contributed by atoms with Gasteiger partial charge in [-0.15, -0.1) is 0 Å². The Morgan fingerprint density at radius 3 is 2.50 bits per heavy atom. The summed E-state index contributed by atoms with van der Waals surface area (Å²) in [4.78, 5) is 23.3. The number of hydrogen-bond donors (Lipinski definition) is 1. The molecule has 0 aliphatic heterocycles. The van der Waals surface area contributed by atoms with Gasteiger partial charge in [-0.25, -0.2) is 9.59 Å². The van der Waals surface area contributed by atoms with Crippen LogP contribution in [-0.2, 0) is 4.74 Å². The van der Waals surface area contributed by atoms with Crippen molar-refractivity contribution in [1.29, 1.82) is 0 Å². The number of esters is 1. The van der Waals surface area contributed by atoms with Crippen molar-refractivity contribution in [2.45, 2.75) is 20.8 Å². The minimum atomic E-state index is -1.13. The zero-order valence-corrected chi connectivity index (χ0v) is 11.7. The van der Waals surface area contributed by atoms with Gasteiger partial charge in [-0.05, 0) is 11.5 Å². The van der Waals surface area contributed by atoms with E-state index >= 15 is 0 Å². The lowest BCUT2D eigenvalue weighted by Crippen LogP contribution is -2.18. The van der Waals surface area contributed by atoms with Gasteiger partial charge in [0.2, 0.25) is 0 Å². The minimum Gasteiger partial charge on any atom is -0.464 e. The quantitative estimate of drug-likeness (QED) is 0.853. The Morgan fingerprint density at radius 1 is 1.25 bits per heavy atom. The van der Waals surface area contributed by atoms with Crippen LogP contribution in [0.15, 0.2) is 30.5 Å². The Morgan fingerprint density at radius 2 is 1.90 bits per heavy atom. The number of fused-ring (bicyclic) bond motifs is 1. The predicted octanol–water partition coefficient (Wildman–Crippen LogP) is 3.37. The van der Waals surface area contributed by atoms with E-state index < -0.39 is 12.1 Å². The van der Waals surface area contributed by atoms with Crippen molar-refractivity contribution >= 4 is 23.0 Å². The second kappa shape index (κ2) is 5.00. The van der Waals surface area contributed by atoms with Gasteiger partial charge in [-0.2, -0.15) is 0 Å². The second-order valence-corrected chi connectivity index (χ2v) is 5.85. The molecule has 106 valence electrons. The van der Waals surface area contributed by atoms with Gasteiger partial charge in [0.25, 0.3) is 0 Å². The van der Waals surface area contributed by atoms with Gasteiger partial charge in [0, 0.05) is 11.6 Å². The third kappa shape index (κ3) is 2.82. The highest BCUT2D eigenvalue weighted by Gasteiger charge is 2.20. The Balaban J connectivity index is 2.39. The highest BCUT2D eigenvalue weighted by molar-refractivity contribution is 6.06. The largest absolute Gasteiger partial charge is 0.464 e. The molecule has 1 heterocycles. The van der Waals surface area contributed by atoms with E-state index in [4.69, 9.17) is 9.84 Å². The van der Waals surface area contributed by atoms with Crippen molar-refractivity contribution in [2.75, 3.05) is 6.61 Å². The van der Waals surface area contributed by atoms with Crippen molar-refractivity contribution in [1.82, 2.24) is 4.57 Å². The summed E-state index contributed by atoms with van der Waals surface area (Å²) in [6, 6.07) is 6.85. The average Bonchev–Trinajstić information content (AvgIpc) is 2.75. The first-order valence-corrected chi connectivity index (χ1v) is 6.30. The highest BCUT2D eigenvalue weighted by Crippen LogP contribution is 2.23. The van der Waals surface area contributed by atoms with Crippen LogP contribution in [0.5, 0.6) is 0 Å². The first-order chi connectivity index (χ1) is 9.29. The van der Waals surface area contributed by atoms with E-state index in [9.17, 15) is 9.59 Å². The molecule has 2 aromatic rings. The lowest BCUT2D eigenvalue weighted by atomic mass is 9.99. The van der Waals surface area contributed by atoms with Crippen LogP contribution in [0.1, 0.15) is 31.1 Å². The van der Waals surface area contributed by atoms with Gasteiger partial charge in [-0.3, -0.25) is 4.57 Å². The third-order valence-corrected chi connectivity index (χ3v) is 2.77. The summed E-state index contributed by atoms with van der Waals surface area (Å²) < 4.78 is 6.28. The SMILES string of the molecule is CC(C)(C)COC(=O)c1cn(C(=O)O)c2ccccc12. The summed E-state index contributed by atoms with van der Waals surface area (Å²) in [7, 11) is 0. The molecule has 0 atom stereocenters. The zero-order chi connectivity index (χ0) is 14.9. The van der Waals surface area contributed by atoms with Crippen molar-refractivity contribution in [3.8, 4) is 0 Å². The van der Waals surface area contributed by atoms with Crippen LogP contribution in [0.4, 0.5) is 4.79 Å². The van der Waals surface area contributed by atoms with Gasteiger partial charge in [0.15, 0.2) is 0 Å². The Hall–Kier alpha value is -2.30. The molecule has 5 nitrogen and oxygen atoms in total. The third-order valence-electron chi connectivity index (χ3n) is 2.77. The summed E-state index contributed by atoms with van der Waals surface area (Å²) >= 11 is 0. The molecule has 0 saturated carbocycles. The monoisotopic (exact) mass is 275 g/mol. The Kier molecular flexibility index (Phi) is 3.53. The second-order valence-electron chi connectivity index (χ2n) is 5.85. The number of para-hydroxylation sites is 1. The Labute approximate surface area is 116 Å². The number of benzene rings is 1. The molecule has 2 rings (SSSR count). The van der Waals surface area contributed by atoms with E-state index in [-0.39, 0.29) is 17.6 Å². The maximum atomic E-state index is 12.1. The molecule has 0 bridgehead atoms. The summed E-state index contributed by atoms with van der Waals surface area (Å²) in [5.74, 6) is -0.504. The van der Waals surface area contributed by atoms with E-state index in [1.165, 1.54) is 6.20 Å². The normalized spacial score (nSPS) is 11.6. The smallest absolute Gasteiger partial charge is 0.416 e. The number of carbonyl (C=O) groups is 2. The lowest BCUT2D eigenvalue weighted by Gasteiger charge is -2.17. The molecule has 0 aliphatic carbocycles. The van der Waals surface area contributed by atoms with Crippen LogP contribution in [0.2, 0.25) is 0 Å². The van der Waals surface area contributed by atoms with Crippen LogP contribution >= 0.6 is 0 Å². The van der Waals surface area contributed by atoms with Crippen molar-refractivity contribution in [3.63, 3.8) is 0 Å². The van der Waals surface area contributed by atoms with Gasteiger partial charge in [-0.1, -0.05) is 39.0 Å². The fourth-order valence-corrected chi connectivity index (χ4v) is 1.86. The van der Waals surface area contributed by atoms with E-state index in [1.54, 1.807) is 24.3 Å². The number of rotatable bonds is 2. The summed E-state index contributed by atoms with van der Waals surface area (Å²) in [6.07, 6.45) is 0.175. The Bertz CT molecular complexity index is 664. The van der Waals surface area contributed by atoms with E-state index in [0.717, 1.165) is 4.57 Å². The van der Waals surface area contributed by atoms with Gasteiger partial charge < -0.3 is 9.84 Å². The van der Waals surface area contributed by atoms with Crippen LogP contribution in [0, 0.1) is 5.41 Å². The highest BCUT2D eigenvalue weighted by atomic mass is 16.5.